The van der Waals surface area contributed by atoms with E-state index in [0.717, 1.165) is 0 Å². The highest BCUT2D eigenvalue weighted by Crippen LogP contribution is 2.30. The van der Waals surface area contributed by atoms with Crippen LogP contribution >= 0.6 is 11.6 Å². The standard InChI is InChI=1S/C9H9ClF3N3O/c10-7-5-6(9(11,12)13)14-8(15-7)16-1-3-17-4-2-16/h5H,1-4H2. The van der Waals surface area contributed by atoms with Crippen LogP contribution in [0.3, 0.4) is 0 Å². The maximum atomic E-state index is 12.5. The molecule has 1 aromatic heterocycles. The predicted molar refractivity (Wildman–Crippen MR) is 55.1 cm³/mol. The van der Waals surface area contributed by atoms with Crippen molar-refractivity contribution in [3.8, 4) is 0 Å². The van der Waals surface area contributed by atoms with Crippen LogP contribution in [0.4, 0.5) is 19.1 Å². The maximum Gasteiger partial charge on any atom is 0.433 e. The number of aromatic nitrogens is 2. The molecule has 4 nitrogen and oxygen atoms in total. The third kappa shape index (κ3) is 2.98. The van der Waals surface area contributed by atoms with E-state index in [1.54, 1.807) is 4.90 Å². The van der Waals surface area contributed by atoms with E-state index < -0.39 is 11.9 Å². The number of hydrogen-bond acceptors (Lipinski definition) is 4. The zero-order valence-corrected chi connectivity index (χ0v) is 9.42. The lowest BCUT2D eigenvalue weighted by molar-refractivity contribution is -0.141. The average molecular weight is 268 g/mol. The van der Waals surface area contributed by atoms with Gasteiger partial charge in [-0.1, -0.05) is 11.6 Å². The highest BCUT2D eigenvalue weighted by Gasteiger charge is 2.34. The van der Waals surface area contributed by atoms with Gasteiger partial charge >= 0.3 is 6.18 Å². The Morgan fingerprint density at radius 1 is 1.24 bits per heavy atom. The Labute approximate surface area is 100 Å². The Hall–Kier alpha value is -1.08. The fraction of sp³-hybridized carbons (Fsp3) is 0.556. The van der Waals surface area contributed by atoms with Crippen molar-refractivity contribution in [3.63, 3.8) is 0 Å². The molecule has 0 spiro atoms. The van der Waals surface area contributed by atoms with E-state index in [9.17, 15) is 13.2 Å². The molecule has 0 bridgehead atoms. The molecule has 17 heavy (non-hydrogen) atoms. The molecule has 1 saturated heterocycles. The summed E-state index contributed by atoms with van der Waals surface area (Å²) in [6, 6.07) is 0.714. The van der Waals surface area contributed by atoms with Crippen molar-refractivity contribution in [2.24, 2.45) is 0 Å². The minimum atomic E-state index is -4.52. The van der Waals surface area contributed by atoms with Gasteiger partial charge in [-0.25, -0.2) is 9.97 Å². The Morgan fingerprint density at radius 3 is 2.47 bits per heavy atom. The first-order valence-electron chi connectivity index (χ1n) is 4.91. The summed E-state index contributed by atoms with van der Waals surface area (Å²) in [5.74, 6) is -0.00637. The van der Waals surface area contributed by atoms with Gasteiger partial charge in [0.25, 0.3) is 0 Å². The normalized spacial score (nSPS) is 17.3. The SMILES string of the molecule is FC(F)(F)c1cc(Cl)nc(N2CCOCC2)n1. The third-order valence-corrected chi connectivity index (χ3v) is 2.46. The molecule has 94 valence electrons. The average Bonchev–Trinajstić information content (AvgIpc) is 2.28. The van der Waals surface area contributed by atoms with Crippen LogP contribution in [0.2, 0.25) is 5.15 Å². The van der Waals surface area contributed by atoms with Gasteiger partial charge in [0.15, 0.2) is 5.69 Å². The molecule has 0 saturated carbocycles. The summed E-state index contributed by atoms with van der Waals surface area (Å²) < 4.78 is 42.7. The van der Waals surface area contributed by atoms with Crippen LogP contribution in [-0.4, -0.2) is 36.3 Å². The first-order valence-corrected chi connectivity index (χ1v) is 5.29. The quantitative estimate of drug-likeness (QED) is 0.730. The second-order valence-electron chi connectivity index (χ2n) is 3.47. The molecule has 1 fully saturated rings. The number of halogens is 4. The molecule has 1 aliphatic heterocycles. The van der Waals surface area contributed by atoms with Gasteiger partial charge in [-0.15, -0.1) is 0 Å². The molecule has 1 aliphatic rings. The first-order chi connectivity index (χ1) is 7.97. The molecule has 0 N–H and O–H groups in total. The number of morpholine rings is 1. The van der Waals surface area contributed by atoms with E-state index in [1.807, 2.05) is 0 Å². The lowest BCUT2D eigenvalue weighted by Gasteiger charge is -2.27. The number of anilines is 1. The number of nitrogens with zero attached hydrogens (tertiary/aromatic N) is 3. The topological polar surface area (TPSA) is 38.2 Å². The smallest absolute Gasteiger partial charge is 0.378 e. The van der Waals surface area contributed by atoms with Crippen LogP contribution in [0.15, 0.2) is 6.07 Å². The van der Waals surface area contributed by atoms with Gasteiger partial charge < -0.3 is 9.64 Å². The molecule has 2 heterocycles. The van der Waals surface area contributed by atoms with E-state index in [0.29, 0.717) is 32.4 Å². The van der Waals surface area contributed by atoms with E-state index >= 15 is 0 Å². The minimum Gasteiger partial charge on any atom is -0.378 e. The summed E-state index contributed by atoms with van der Waals surface area (Å²) in [6.45, 7) is 1.80. The van der Waals surface area contributed by atoms with E-state index in [4.69, 9.17) is 16.3 Å². The lowest BCUT2D eigenvalue weighted by atomic mass is 10.4. The molecular formula is C9H9ClF3N3O. The predicted octanol–water partition coefficient (Wildman–Crippen LogP) is 1.99. The maximum absolute atomic E-state index is 12.5. The van der Waals surface area contributed by atoms with Crippen molar-refractivity contribution in [2.75, 3.05) is 31.2 Å². The molecule has 0 radical (unpaired) electrons. The number of ether oxygens (including phenoxy) is 1. The van der Waals surface area contributed by atoms with Gasteiger partial charge in [0.05, 0.1) is 13.2 Å². The van der Waals surface area contributed by atoms with Gasteiger partial charge in [0.1, 0.15) is 5.15 Å². The van der Waals surface area contributed by atoms with Crippen molar-refractivity contribution in [2.45, 2.75) is 6.18 Å². The van der Waals surface area contributed by atoms with Crippen LogP contribution in [-0.2, 0) is 10.9 Å². The van der Waals surface area contributed by atoms with Crippen LogP contribution in [0.5, 0.6) is 0 Å². The molecule has 2 rings (SSSR count). The molecule has 8 heteroatoms. The molecule has 0 unspecified atom stereocenters. The summed E-state index contributed by atoms with van der Waals surface area (Å²) in [6.07, 6.45) is -4.52. The van der Waals surface area contributed by atoms with E-state index in [2.05, 4.69) is 9.97 Å². The van der Waals surface area contributed by atoms with Crippen molar-refractivity contribution < 1.29 is 17.9 Å². The zero-order valence-electron chi connectivity index (χ0n) is 8.67. The van der Waals surface area contributed by atoms with Crippen LogP contribution in [0.25, 0.3) is 0 Å². The van der Waals surface area contributed by atoms with Gasteiger partial charge in [-0.2, -0.15) is 13.2 Å². The van der Waals surface area contributed by atoms with Crippen LogP contribution < -0.4 is 4.90 Å². The van der Waals surface area contributed by atoms with Crippen LogP contribution in [0.1, 0.15) is 5.69 Å². The fourth-order valence-corrected chi connectivity index (χ4v) is 1.63. The molecule has 0 atom stereocenters. The highest BCUT2D eigenvalue weighted by molar-refractivity contribution is 6.29. The molecule has 0 aliphatic carbocycles. The molecule has 0 aromatic carbocycles. The Kier molecular flexibility index (Phi) is 3.39. The highest BCUT2D eigenvalue weighted by atomic mass is 35.5. The van der Waals surface area contributed by atoms with Crippen molar-refractivity contribution >= 4 is 17.5 Å². The minimum absolute atomic E-state index is 0.00637. The Bertz CT molecular complexity index is 407. The van der Waals surface area contributed by atoms with Crippen molar-refractivity contribution in [3.05, 3.63) is 16.9 Å². The number of alkyl halides is 3. The van der Waals surface area contributed by atoms with Gasteiger partial charge in [-0.05, 0) is 0 Å². The fourth-order valence-electron chi connectivity index (χ4n) is 1.46. The van der Waals surface area contributed by atoms with E-state index in [1.165, 1.54) is 0 Å². The van der Waals surface area contributed by atoms with E-state index in [-0.39, 0.29) is 11.1 Å². The Morgan fingerprint density at radius 2 is 1.88 bits per heavy atom. The van der Waals surface area contributed by atoms with Crippen molar-refractivity contribution in [1.29, 1.82) is 0 Å². The molecule has 0 amide bonds. The van der Waals surface area contributed by atoms with Crippen LogP contribution in [0, 0.1) is 0 Å². The summed E-state index contributed by atoms with van der Waals surface area (Å²) in [5.41, 5.74) is -1.03. The van der Waals surface area contributed by atoms with Gasteiger partial charge in [0.2, 0.25) is 5.95 Å². The summed E-state index contributed by atoms with van der Waals surface area (Å²) in [5, 5.41) is -0.214. The number of hydrogen-bond donors (Lipinski definition) is 0. The van der Waals surface area contributed by atoms with Gasteiger partial charge in [0, 0.05) is 19.2 Å². The first kappa shape index (κ1) is 12.4. The monoisotopic (exact) mass is 267 g/mol. The summed E-state index contributed by atoms with van der Waals surface area (Å²) in [7, 11) is 0. The second kappa shape index (κ2) is 4.66. The number of rotatable bonds is 1. The summed E-state index contributed by atoms with van der Waals surface area (Å²) >= 11 is 5.57. The third-order valence-electron chi connectivity index (χ3n) is 2.27. The summed E-state index contributed by atoms with van der Waals surface area (Å²) in [4.78, 5) is 8.89. The zero-order chi connectivity index (χ0) is 12.5. The van der Waals surface area contributed by atoms with Gasteiger partial charge in [-0.3, -0.25) is 0 Å². The Balaban J connectivity index is 2.31. The lowest BCUT2D eigenvalue weighted by Crippen LogP contribution is -2.37. The second-order valence-corrected chi connectivity index (χ2v) is 3.86. The van der Waals surface area contributed by atoms with Crippen molar-refractivity contribution in [1.82, 2.24) is 9.97 Å². The molecule has 1 aromatic rings. The largest absolute Gasteiger partial charge is 0.433 e. The molecular weight excluding hydrogens is 259 g/mol.